The number of amides is 1. The summed E-state index contributed by atoms with van der Waals surface area (Å²) in [5, 5.41) is 2.99. The molecule has 0 radical (unpaired) electrons. The fourth-order valence-corrected chi connectivity index (χ4v) is 2.48. The first-order chi connectivity index (χ1) is 6.27. The monoisotopic (exact) mass is 182 g/mol. The van der Waals surface area contributed by atoms with E-state index in [-0.39, 0.29) is 5.91 Å². The molecular weight excluding hydrogens is 164 g/mol. The van der Waals surface area contributed by atoms with E-state index in [1.165, 1.54) is 25.7 Å². The molecular formula is C10H18N2O. The van der Waals surface area contributed by atoms with Crippen molar-refractivity contribution in [2.75, 3.05) is 13.6 Å². The van der Waals surface area contributed by atoms with Crippen molar-refractivity contribution in [2.45, 2.75) is 44.2 Å². The highest BCUT2D eigenvalue weighted by molar-refractivity contribution is 5.76. The predicted molar refractivity (Wildman–Crippen MR) is 51.4 cm³/mol. The lowest BCUT2D eigenvalue weighted by Crippen LogP contribution is -2.40. The molecule has 2 aliphatic rings. The second-order valence-corrected chi connectivity index (χ2v) is 4.27. The Morgan fingerprint density at radius 3 is 2.77 bits per heavy atom. The normalized spacial score (nSPS) is 36.2. The zero-order chi connectivity index (χ0) is 9.26. The Labute approximate surface area is 79.5 Å². The van der Waals surface area contributed by atoms with Gasteiger partial charge in [0.25, 0.3) is 0 Å². The van der Waals surface area contributed by atoms with Gasteiger partial charge in [-0.05, 0) is 19.9 Å². The first-order valence-electron chi connectivity index (χ1n) is 5.26. The Balaban J connectivity index is 2.13. The molecule has 13 heavy (non-hydrogen) atoms. The van der Waals surface area contributed by atoms with Crippen LogP contribution in [0.4, 0.5) is 0 Å². The van der Waals surface area contributed by atoms with Gasteiger partial charge in [-0.15, -0.1) is 0 Å². The van der Waals surface area contributed by atoms with Gasteiger partial charge in [0.1, 0.15) is 0 Å². The summed E-state index contributed by atoms with van der Waals surface area (Å²) in [6.45, 7) is 0.853. The second-order valence-electron chi connectivity index (χ2n) is 4.27. The molecule has 2 heterocycles. The van der Waals surface area contributed by atoms with Crippen LogP contribution >= 0.6 is 0 Å². The van der Waals surface area contributed by atoms with Crippen LogP contribution in [0.15, 0.2) is 0 Å². The van der Waals surface area contributed by atoms with Crippen LogP contribution in [-0.4, -0.2) is 36.5 Å². The molecule has 0 aromatic rings. The molecule has 0 spiro atoms. The summed E-state index contributed by atoms with van der Waals surface area (Å²) < 4.78 is 0. The zero-order valence-corrected chi connectivity index (χ0v) is 8.25. The Morgan fingerprint density at radius 1 is 1.31 bits per heavy atom. The Hall–Kier alpha value is -0.570. The van der Waals surface area contributed by atoms with Gasteiger partial charge < -0.3 is 5.32 Å². The van der Waals surface area contributed by atoms with E-state index in [1.807, 2.05) is 0 Å². The third-order valence-electron chi connectivity index (χ3n) is 3.43. The molecule has 2 rings (SSSR count). The van der Waals surface area contributed by atoms with Crippen LogP contribution in [0.3, 0.4) is 0 Å². The maximum absolute atomic E-state index is 11.3. The molecule has 0 saturated carbocycles. The molecule has 3 heteroatoms. The van der Waals surface area contributed by atoms with E-state index in [2.05, 4.69) is 17.3 Å². The van der Waals surface area contributed by atoms with E-state index in [0.717, 1.165) is 6.54 Å². The number of carbonyl (C=O) groups is 1. The van der Waals surface area contributed by atoms with Gasteiger partial charge in [0.15, 0.2) is 0 Å². The quantitative estimate of drug-likeness (QED) is 0.599. The number of likely N-dealkylation sites (N-methyl/N-ethyl adjacent to an activating group) is 1. The highest BCUT2D eigenvalue weighted by Gasteiger charge is 2.30. The molecule has 3 nitrogen and oxygen atoms in total. The summed E-state index contributed by atoms with van der Waals surface area (Å²) in [6.07, 6.45) is 5.75. The van der Waals surface area contributed by atoms with Crippen LogP contribution < -0.4 is 5.32 Å². The van der Waals surface area contributed by atoms with E-state index < -0.39 is 0 Å². The molecule has 2 atom stereocenters. The Kier molecular flexibility index (Phi) is 2.54. The second kappa shape index (κ2) is 3.66. The van der Waals surface area contributed by atoms with Crippen LogP contribution in [0, 0.1) is 0 Å². The van der Waals surface area contributed by atoms with Gasteiger partial charge in [-0.25, -0.2) is 0 Å². The molecule has 0 unspecified atom stereocenters. The van der Waals surface area contributed by atoms with Gasteiger partial charge in [-0.3, -0.25) is 9.69 Å². The van der Waals surface area contributed by atoms with Crippen molar-refractivity contribution in [1.29, 1.82) is 0 Å². The third-order valence-corrected chi connectivity index (χ3v) is 3.43. The van der Waals surface area contributed by atoms with Gasteiger partial charge in [0, 0.05) is 25.0 Å². The van der Waals surface area contributed by atoms with E-state index in [9.17, 15) is 4.79 Å². The Morgan fingerprint density at radius 2 is 2.00 bits per heavy atom. The maximum Gasteiger partial charge on any atom is 0.221 e. The topological polar surface area (TPSA) is 32.3 Å². The van der Waals surface area contributed by atoms with Crippen molar-refractivity contribution in [3.63, 3.8) is 0 Å². The summed E-state index contributed by atoms with van der Waals surface area (Å²) in [4.78, 5) is 13.8. The first kappa shape index (κ1) is 9.00. The van der Waals surface area contributed by atoms with Crippen LogP contribution in [0.5, 0.6) is 0 Å². The summed E-state index contributed by atoms with van der Waals surface area (Å²) in [7, 11) is 2.17. The number of nitrogens with zero attached hydrogens (tertiary/aromatic N) is 1. The number of fused-ring (bicyclic) bond motifs is 2. The summed E-state index contributed by atoms with van der Waals surface area (Å²) in [5.41, 5.74) is 0. The molecule has 0 aromatic carbocycles. The van der Waals surface area contributed by atoms with Crippen molar-refractivity contribution in [3.05, 3.63) is 0 Å². The minimum atomic E-state index is 0.237. The lowest BCUT2D eigenvalue weighted by molar-refractivity contribution is -0.121. The van der Waals surface area contributed by atoms with Gasteiger partial charge in [-0.1, -0.05) is 12.8 Å². The number of carbonyl (C=O) groups excluding carboxylic acids is 1. The van der Waals surface area contributed by atoms with Crippen molar-refractivity contribution >= 4 is 5.91 Å². The molecule has 2 saturated heterocycles. The number of rotatable bonds is 0. The number of hydrogen-bond acceptors (Lipinski definition) is 2. The van der Waals surface area contributed by atoms with Crippen LogP contribution in [0.2, 0.25) is 0 Å². The molecule has 1 amide bonds. The third kappa shape index (κ3) is 1.85. The van der Waals surface area contributed by atoms with Crippen molar-refractivity contribution in [3.8, 4) is 0 Å². The zero-order valence-electron chi connectivity index (χ0n) is 8.25. The first-order valence-corrected chi connectivity index (χ1v) is 5.26. The lowest BCUT2D eigenvalue weighted by atomic mass is 10.1. The minimum absolute atomic E-state index is 0.237. The average Bonchev–Trinajstić information content (AvgIpc) is 2.35. The van der Waals surface area contributed by atoms with Crippen molar-refractivity contribution in [2.24, 2.45) is 0 Å². The maximum atomic E-state index is 11.3. The molecule has 0 aliphatic carbocycles. The van der Waals surface area contributed by atoms with Gasteiger partial charge in [0.05, 0.1) is 0 Å². The Bertz CT molecular complexity index is 205. The van der Waals surface area contributed by atoms with Crippen LogP contribution in [-0.2, 0) is 4.79 Å². The predicted octanol–water partition coefficient (Wildman–Crippen LogP) is 0.749. The highest BCUT2D eigenvalue weighted by atomic mass is 16.1. The molecule has 2 aliphatic heterocycles. The van der Waals surface area contributed by atoms with Gasteiger partial charge >= 0.3 is 0 Å². The van der Waals surface area contributed by atoms with Crippen LogP contribution in [0.1, 0.15) is 32.1 Å². The largest absolute Gasteiger partial charge is 0.354 e. The van der Waals surface area contributed by atoms with E-state index >= 15 is 0 Å². The van der Waals surface area contributed by atoms with Gasteiger partial charge in [0.2, 0.25) is 5.91 Å². The molecule has 74 valence electrons. The standard InChI is InChI=1S/C10H18N2O/c1-12-8-4-2-3-5-9(12)7-11-10(13)6-8/h8-9H,2-7H2,1H3,(H,11,13)/t8-,9-/m1/s1. The summed E-state index contributed by atoms with van der Waals surface area (Å²) >= 11 is 0. The SMILES string of the molecule is CN1[C@@H]2CCCC[C@@H]1CC(=O)NC2. The van der Waals surface area contributed by atoms with E-state index in [1.54, 1.807) is 0 Å². The summed E-state index contributed by atoms with van der Waals surface area (Å²) in [6, 6.07) is 1.08. The molecule has 1 N–H and O–H groups in total. The van der Waals surface area contributed by atoms with Crippen LogP contribution in [0.25, 0.3) is 0 Å². The average molecular weight is 182 g/mol. The smallest absolute Gasteiger partial charge is 0.221 e. The fraction of sp³-hybridized carbons (Fsp3) is 0.900. The lowest BCUT2D eigenvalue weighted by Gasteiger charge is -2.28. The van der Waals surface area contributed by atoms with E-state index in [0.29, 0.717) is 18.5 Å². The number of hydrogen-bond donors (Lipinski definition) is 1. The van der Waals surface area contributed by atoms with Crippen molar-refractivity contribution < 1.29 is 4.79 Å². The highest BCUT2D eigenvalue weighted by Crippen LogP contribution is 2.23. The number of nitrogens with one attached hydrogen (secondary N) is 1. The molecule has 2 fully saturated rings. The molecule has 2 bridgehead atoms. The van der Waals surface area contributed by atoms with Crippen molar-refractivity contribution in [1.82, 2.24) is 10.2 Å². The minimum Gasteiger partial charge on any atom is -0.354 e. The summed E-state index contributed by atoms with van der Waals surface area (Å²) in [5.74, 6) is 0.237. The van der Waals surface area contributed by atoms with Gasteiger partial charge in [-0.2, -0.15) is 0 Å². The van der Waals surface area contributed by atoms with E-state index in [4.69, 9.17) is 0 Å². The fourth-order valence-electron chi connectivity index (χ4n) is 2.48. The molecule has 0 aromatic heterocycles.